The molecular formula is C8H9BrN2O3S. The van der Waals surface area contributed by atoms with Gasteiger partial charge in [-0.1, -0.05) is 0 Å². The van der Waals surface area contributed by atoms with E-state index in [0.717, 1.165) is 0 Å². The van der Waals surface area contributed by atoms with Crippen LogP contribution in [0, 0.1) is 0 Å². The second kappa shape index (κ2) is 4.30. The maximum absolute atomic E-state index is 11.0. The molecule has 0 aliphatic carbocycles. The van der Waals surface area contributed by atoms with E-state index in [1.807, 2.05) is 0 Å². The molecule has 0 bridgehead atoms. The Kier molecular flexibility index (Phi) is 3.48. The molecule has 0 aliphatic heterocycles. The number of carbonyl (C=O) groups excluding carboxylic acids is 1. The van der Waals surface area contributed by atoms with Crippen molar-refractivity contribution in [3.05, 3.63) is 24.3 Å². The van der Waals surface area contributed by atoms with E-state index in [1.54, 1.807) is 0 Å². The van der Waals surface area contributed by atoms with Crippen LogP contribution in [0.5, 0.6) is 0 Å². The first-order valence-corrected chi connectivity index (χ1v) is 6.17. The Balaban J connectivity index is 3.06. The maximum Gasteiger partial charge on any atom is 0.238 e. The topological polar surface area (TPSA) is 80.5 Å². The van der Waals surface area contributed by atoms with Crippen LogP contribution < -0.4 is 9.06 Å². The molecule has 0 saturated heterocycles. The van der Waals surface area contributed by atoms with Crippen LogP contribution in [0.25, 0.3) is 0 Å². The Morgan fingerprint density at radius 1 is 1.33 bits per heavy atom. The highest BCUT2D eigenvalue weighted by Gasteiger charge is 2.10. The minimum atomic E-state index is -3.68. The highest BCUT2D eigenvalue weighted by Crippen LogP contribution is 2.20. The zero-order valence-electron chi connectivity index (χ0n) is 7.84. The molecule has 0 spiro atoms. The maximum atomic E-state index is 11.0. The van der Waals surface area contributed by atoms with Crippen LogP contribution in [0.4, 0.5) is 5.69 Å². The third-order valence-electron chi connectivity index (χ3n) is 1.67. The predicted octanol–water partition coefficient (Wildman–Crippen LogP) is 0.997. The molecular weight excluding hydrogens is 284 g/mol. The Labute approximate surface area is 96.3 Å². The number of primary sulfonamides is 1. The predicted molar refractivity (Wildman–Crippen MR) is 59.9 cm³/mol. The van der Waals surface area contributed by atoms with E-state index in [4.69, 9.17) is 5.14 Å². The minimum Gasteiger partial charge on any atom is -0.274 e. The first-order valence-electron chi connectivity index (χ1n) is 3.91. The van der Waals surface area contributed by atoms with Crippen molar-refractivity contribution in [3.8, 4) is 0 Å². The number of carbonyl (C=O) groups is 1. The van der Waals surface area contributed by atoms with Gasteiger partial charge in [0.2, 0.25) is 15.9 Å². The number of amides is 1. The lowest BCUT2D eigenvalue weighted by atomic mass is 10.3. The number of benzene rings is 1. The molecule has 15 heavy (non-hydrogen) atoms. The number of hydrogen-bond acceptors (Lipinski definition) is 3. The molecule has 0 fully saturated rings. The van der Waals surface area contributed by atoms with Gasteiger partial charge in [0.25, 0.3) is 0 Å². The lowest BCUT2D eigenvalue weighted by molar-refractivity contribution is -0.115. The lowest BCUT2D eigenvalue weighted by Crippen LogP contribution is -2.16. The summed E-state index contributed by atoms with van der Waals surface area (Å²) in [4.78, 5) is 11.0. The van der Waals surface area contributed by atoms with Gasteiger partial charge in [0.1, 0.15) is 0 Å². The molecule has 7 heteroatoms. The quantitative estimate of drug-likeness (QED) is 0.826. The Hall–Kier alpha value is -0.920. The van der Waals surface area contributed by atoms with Gasteiger partial charge in [-0.05, 0) is 24.3 Å². The monoisotopic (exact) mass is 292 g/mol. The SMILES string of the molecule is CC(=O)N(Br)c1ccc(S(N)(=O)=O)cc1. The highest BCUT2D eigenvalue weighted by atomic mass is 79.9. The number of rotatable bonds is 2. The molecule has 1 aromatic rings. The summed E-state index contributed by atoms with van der Waals surface area (Å²) >= 11 is 3.03. The molecule has 0 aromatic heterocycles. The summed E-state index contributed by atoms with van der Waals surface area (Å²) in [6.45, 7) is 1.38. The van der Waals surface area contributed by atoms with Crippen molar-refractivity contribution in [1.29, 1.82) is 0 Å². The smallest absolute Gasteiger partial charge is 0.238 e. The van der Waals surface area contributed by atoms with Gasteiger partial charge in [0.05, 0.1) is 26.7 Å². The number of hydrogen-bond donors (Lipinski definition) is 1. The molecule has 0 unspecified atom stereocenters. The molecule has 0 saturated carbocycles. The molecule has 82 valence electrons. The summed E-state index contributed by atoms with van der Waals surface area (Å²) in [6, 6.07) is 5.63. The average Bonchev–Trinajstić information content (AvgIpc) is 2.15. The van der Waals surface area contributed by atoms with Gasteiger partial charge in [0, 0.05) is 6.92 Å². The molecule has 0 aliphatic rings. The number of halogens is 1. The van der Waals surface area contributed by atoms with Crippen molar-refractivity contribution >= 4 is 37.8 Å². The zero-order valence-corrected chi connectivity index (χ0v) is 10.2. The van der Waals surface area contributed by atoms with E-state index in [0.29, 0.717) is 5.69 Å². The normalized spacial score (nSPS) is 11.1. The third kappa shape index (κ3) is 3.01. The van der Waals surface area contributed by atoms with Crippen molar-refractivity contribution in [2.75, 3.05) is 3.93 Å². The van der Waals surface area contributed by atoms with E-state index >= 15 is 0 Å². The Morgan fingerprint density at radius 2 is 1.80 bits per heavy atom. The molecule has 0 heterocycles. The van der Waals surface area contributed by atoms with Crippen molar-refractivity contribution in [3.63, 3.8) is 0 Å². The summed E-state index contributed by atoms with van der Waals surface area (Å²) in [5.74, 6) is -0.210. The van der Waals surface area contributed by atoms with Gasteiger partial charge in [-0.25, -0.2) is 17.5 Å². The fourth-order valence-electron chi connectivity index (χ4n) is 0.949. The first kappa shape index (κ1) is 12.2. The average molecular weight is 293 g/mol. The third-order valence-corrected chi connectivity index (χ3v) is 3.51. The summed E-state index contributed by atoms with van der Waals surface area (Å²) in [6.07, 6.45) is 0. The van der Waals surface area contributed by atoms with Crippen molar-refractivity contribution in [2.24, 2.45) is 5.14 Å². The van der Waals surface area contributed by atoms with Crippen LogP contribution in [-0.2, 0) is 14.8 Å². The summed E-state index contributed by atoms with van der Waals surface area (Å²) < 4.78 is 23.1. The van der Waals surface area contributed by atoms with Gasteiger partial charge in [-0.3, -0.25) is 4.79 Å². The number of nitrogens with two attached hydrogens (primary N) is 1. The summed E-state index contributed by atoms with van der Waals surface area (Å²) in [5, 5.41) is 4.92. The fourth-order valence-corrected chi connectivity index (χ4v) is 1.70. The molecule has 1 rings (SSSR count). The molecule has 1 aromatic carbocycles. The zero-order chi connectivity index (χ0) is 11.6. The van der Waals surface area contributed by atoms with Crippen LogP contribution in [0.2, 0.25) is 0 Å². The molecule has 2 N–H and O–H groups in total. The second-order valence-electron chi connectivity index (χ2n) is 2.84. The molecule has 1 amide bonds. The van der Waals surface area contributed by atoms with Crippen LogP contribution >= 0.6 is 16.1 Å². The number of anilines is 1. The highest BCUT2D eigenvalue weighted by molar-refractivity contribution is 9.10. The van der Waals surface area contributed by atoms with Gasteiger partial charge in [-0.2, -0.15) is 0 Å². The van der Waals surface area contributed by atoms with Crippen molar-refractivity contribution in [1.82, 2.24) is 0 Å². The van der Waals surface area contributed by atoms with Gasteiger partial charge in [0.15, 0.2) is 0 Å². The molecule has 5 nitrogen and oxygen atoms in total. The second-order valence-corrected chi connectivity index (χ2v) is 5.11. The van der Waals surface area contributed by atoms with E-state index in [2.05, 4.69) is 16.1 Å². The van der Waals surface area contributed by atoms with Crippen LogP contribution in [0.3, 0.4) is 0 Å². The van der Waals surface area contributed by atoms with Crippen molar-refractivity contribution in [2.45, 2.75) is 11.8 Å². The van der Waals surface area contributed by atoms with E-state index in [9.17, 15) is 13.2 Å². The van der Waals surface area contributed by atoms with E-state index < -0.39 is 10.0 Å². The van der Waals surface area contributed by atoms with Gasteiger partial charge >= 0.3 is 0 Å². The van der Waals surface area contributed by atoms with Gasteiger partial charge in [-0.15, -0.1) is 0 Å². The van der Waals surface area contributed by atoms with E-state index in [1.165, 1.54) is 35.1 Å². The lowest BCUT2D eigenvalue weighted by Gasteiger charge is -2.11. The Morgan fingerprint density at radius 3 is 2.13 bits per heavy atom. The number of nitrogens with zero attached hydrogens (tertiary/aromatic N) is 1. The fraction of sp³-hybridized carbons (Fsp3) is 0.125. The standard InChI is InChI=1S/C8H9BrN2O3S/c1-6(12)11(9)7-2-4-8(5-3-7)15(10,13)14/h2-5H,1H3,(H2,10,13,14). The first-order chi connectivity index (χ1) is 6.82. The van der Waals surface area contributed by atoms with Crippen LogP contribution in [0.15, 0.2) is 29.2 Å². The summed E-state index contributed by atoms with van der Waals surface area (Å²) in [5.41, 5.74) is 0.537. The molecule has 0 radical (unpaired) electrons. The van der Waals surface area contributed by atoms with Crippen LogP contribution in [0.1, 0.15) is 6.92 Å². The van der Waals surface area contributed by atoms with E-state index in [-0.39, 0.29) is 10.8 Å². The summed E-state index contributed by atoms with van der Waals surface area (Å²) in [7, 11) is -3.68. The largest absolute Gasteiger partial charge is 0.274 e. The van der Waals surface area contributed by atoms with Crippen LogP contribution in [-0.4, -0.2) is 14.3 Å². The van der Waals surface area contributed by atoms with Crippen molar-refractivity contribution < 1.29 is 13.2 Å². The van der Waals surface area contributed by atoms with Gasteiger partial charge < -0.3 is 0 Å². The Bertz CT molecular complexity index is 469. The number of sulfonamides is 1. The molecule has 0 atom stereocenters. The minimum absolute atomic E-state index is 0.00991.